The van der Waals surface area contributed by atoms with Gasteiger partial charge in [0.25, 0.3) is 5.91 Å². The van der Waals surface area contributed by atoms with Gasteiger partial charge in [0.05, 0.1) is 7.11 Å². The number of hydrogen-bond donors (Lipinski definition) is 2. The first-order chi connectivity index (χ1) is 11.8. The van der Waals surface area contributed by atoms with E-state index in [9.17, 15) is 4.79 Å². The summed E-state index contributed by atoms with van der Waals surface area (Å²) in [6, 6.07) is 14.0. The van der Waals surface area contributed by atoms with Crippen molar-refractivity contribution in [1.29, 1.82) is 0 Å². The molecule has 0 radical (unpaired) electrons. The number of ether oxygens (including phenoxy) is 1. The average molecular weight is 361 g/mol. The van der Waals surface area contributed by atoms with Crippen LogP contribution in [-0.2, 0) is 19.3 Å². The van der Waals surface area contributed by atoms with Crippen LogP contribution in [0.4, 0.5) is 0 Å². The fraction of sp³-hybridized carbons (Fsp3) is 0.350. The van der Waals surface area contributed by atoms with Crippen LogP contribution in [0.5, 0.6) is 5.75 Å². The molecule has 2 aromatic rings. The smallest absolute Gasteiger partial charge is 0.251 e. The topological polar surface area (TPSA) is 50.4 Å². The highest BCUT2D eigenvalue weighted by Crippen LogP contribution is 2.15. The molecular formula is C20H25ClN2O2. The van der Waals surface area contributed by atoms with Crippen molar-refractivity contribution in [3.8, 4) is 5.75 Å². The molecule has 1 aliphatic heterocycles. The number of halogens is 1. The summed E-state index contributed by atoms with van der Waals surface area (Å²) in [4.78, 5) is 12.4. The zero-order valence-electron chi connectivity index (χ0n) is 14.5. The Morgan fingerprint density at radius 2 is 1.80 bits per heavy atom. The van der Waals surface area contributed by atoms with E-state index in [4.69, 9.17) is 4.74 Å². The van der Waals surface area contributed by atoms with E-state index in [2.05, 4.69) is 16.7 Å². The highest BCUT2D eigenvalue weighted by Gasteiger charge is 2.11. The highest BCUT2D eigenvalue weighted by atomic mass is 35.5. The van der Waals surface area contributed by atoms with Gasteiger partial charge in [0.1, 0.15) is 5.75 Å². The lowest BCUT2D eigenvalue weighted by Gasteiger charge is -2.09. The lowest BCUT2D eigenvalue weighted by atomic mass is 10.00. The van der Waals surface area contributed by atoms with Crippen LogP contribution in [-0.4, -0.2) is 32.7 Å². The maximum atomic E-state index is 12.4. The van der Waals surface area contributed by atoms with E-state index in [1.54, 1.807) is 7.11 Å². The molecular weight excluding hydrogens is 336 g/mol. The van der Waals surface area contributed by atoms with Gasteiger partial charge in [-0.25, -0.2) is 0 Å². The number of carbonyl (C=O) groups excluding carboxylic acids is 1. The van der Waals surface area contributed by atoms with Crippen molar-refractivity contribution in [3.05, 3.63) is 64.7 Å². The van der Waals surface area contributed by atoms with Crippen LogP contribution in [0.15, 0.2) is 42.5 Å². The minimum absolute atomic E-state index is 0. The molecule has 1 heterocycles. The average Bonchev–Trinajstić information content (AvgIpc) is 2.87. The monoisotopic (exact) mass is 360 g/mol. The second-order valence-corrected chi connectivity index (χ2v) is 6.09. The number of nitrogens with one attached hydrogen (secondary N) is 2. The van der Waals surface area contributed by atoms with Crippen LogP contribution < -0.4 is 15.4 Å². The summed E-state index contributed by atoms with van der Waals surface area (Å²) in [5, 5.41) is 6.41. The first-order valence-corrected chi connectivity index (χ1v) is 8.50. The standard InChI is InChI=1S/C20H24N2O2.ClH/c1-24-19-6-2-15(3-7-19)8-13-22-20(23)18-5-4-16-9-11-21-12-10-17(16)14-18;/h2-7,14,21H,8-13H2,1H3,(H,22,23);1H. The molecule has 3 rings (SSSR count). The van der Waals surface area contributed by atoms with Gasteiger partial charge in [-0.3, -0.25) is 4.79 Å². The summed E-state index contributed by atoms with van der Waals surface area (Å²) >= 11 is 0. The zero-order chi connectivity index (χ0) is 16.8. The largest absolute Gasteiger partial charge is 0.497 e. The van der Waals surface area contributed by atoms with Gasteiger partial charge in [0.2, 0.25) is 0 Å². The summed E-state index contributed by atoms with van der Waals surface area (Å²) in [7, 11) is 1.66. The van der Waals surface area contributed by atoms with Crippen LogP contribution in [0.25, 0.3) is 0 Å². The van der Waals surface area contributed by atoms with Crippen LogP contribution in [0.3, 0.4) is 0 Å². The van der Waals surface area contributed by atoms with E-state index < -0.39 is 0 Å². The zero-order valence-corrected chi connectivity index (χ0v) is 15.3. The van der Waals surface area contributed by atoms with Gasteiger partial charge in [0.15, 0.2) is 0 Å². The van der Waals surface area contributed by atoms with Crippen molar-refractivity contribution in [2.45, 2.75) is 19.3 Å². The quantitative estimate of drug-likeness (QED) is 0.862. The molecule has 2 aromatic carbocycles. The Morgan fingerprint density at radius 1 is 1.08 bits per heavy atom. The number of hydrogen-bond acceptors (Lipinski definition) is 3. The van der Waals surface area contributed by atoms with E-state index in [-0.39, 0.29) is 18.3 Å². The molecule has 0 spiro atoms. The van der Waals surface area contributed by atoms with Crippen molar-refractivity contribution in [2.24, 2.45) is 0 Å². The molecule has 0 saturated heterocycles. The molecule has 0 atom stereocenters. The number of rotatable bonds is 5. The second-order valence-electron chi connectivity index (χ2n) is 6.09. The van der Waals surface area contributed by atoms with Crippen molar-refractivity contribution < 1.29 is 9.53 Å². The Balaban J connectivity index is 0.00000225. The van der Waals surface area contributed by atoms with E-state index in [0.29, 0.717) is 6.54 Å². The minimum atomic E-state index is 0. The molecule has 1 amide bonds. The van der Waals surface area contributed by atoms with Gasteiger partial charge in [0, 0.05) is 12.1 Å². The number of methoxy groups -OCH3 is 1. The molecule has 0 unspecified atom stereocenters. The van der Waals surface area contributed by atoms with E-state index >= 15 is 0 Å². The first-order valence-electron chi connectivity index (χ1n) is 8.50. The highest BCUT2D eigenvalue weighted by molar-refractivity contribution is 5.94. The summed E-state index contributed by atoms with van der Waals surface area (Å²) in [6.07, 6.45) is 2.83. The predicted octanol–water partition coefficient (Wildman–Crippen LogP) is 2.78. The van der Waals surface area contributed by atoms with Crippen molar-refractivity contribution in [2.75, 3.05) is 26.7 Å². The number of carbonyl (C=O) groups is 1. The van der Waals surface area contributed by atoms with Crippen LogP contribution in [0.2, 0.25) is 0 Å². The summed E-state index contributed by atoms with van der Waals surface area (Å²) in [5.41, 5.74) is 4.59. The normalized spacial score (nSPS) is 13.2. The van der Waals surface area contributed by atoms with Crippen LogP contribution in [0, 0.1) is 0 Å². The van der Waals surface area contributed by atoms with Crippen LogP contribution in [0.1, 0.15) is 27.0 Å². The van der Waals surface area contributed by atoms with Gasteiger partial charge in [-0.05, 0) is 73.3 Å². The fourth-order valence-corrected chi connectivity index (χ4v) is 3.03. The Morgan fingerprint density at radius 3 is 2.52 bits per heavy atom. The van der Waals surface area contributed by atoms with Gasteiger partial charge >= 0.3 is 0 Å². The van der Waals surface area contributed by atoms with Crippen LogP contribution >= 0.6 is 12.4 Å². The molecule has 0 aromatic heterocycles. The molecule has 2 N–H and O–H groups in total. The summed E-state index contributed by atoms with van der Waals surface area (Å²) in [6.45, 7) is 2.62. The SMILES string of the molecule is COc1ccc(CCNC(=O)c2ccc3c(c2)CCNCC3)cc1.Cl. The maximum absolute atomic E-state index is 12.4. The van der Waals surface area contributed by atoms with Crippen molar-refractivity contribution in [3.63, 3.8) is 0 Å². The van der Waals surface area contributed by atoms with Crippen molar-refractivity contribution >= 4 is 18.3 Å². The molecule has 25 heavy (non-hydrogen) atoms. The lowest BCUT2D eigenvalue weighted by molar-refractivity contribution is 0.0954. The lowest BCUT2D eigenvalue weighted by Crippen LogP contribution is -2.25. The molecule has 4 nitrogen and oxygen atoms in total. The number of amides is 1. The van der Waals surface area contributed by atoms with Gasteiger partial charge in [-0.1, -0.05) is 18.2 Å². The van der Waals surface area contributed by atoms with Gasteiger partial charge in [-0.2, -0.15) is 0 Å². The molecule has 0 aliphatic carbocycles. The first kappa shape index (κ1) is 19.3. The Hall–Kier alpha value is -2.04. The molecule has 0 bridgehead atoms. The maximum Gasteiger partial charge on any atom is 0.251 e. The predicted molar refractivity (Wildman–Crippen MR) is 103 cm³/mol. The summed E-state index contributed by atoms with van der Waals surface area (Å²) < 4.78 is 5.15. The van der Waals surface area contributed by atoms with E-state index in [0.717, 1.165) is 43.7 Å². The molecule has 0 saturated carbocycles. The minimum Gasteiger partial charge on any atom is -0.497 e. The number of fused-ring (bicyclic) bond motifs is 1. The Kier molecular flexibility index (Phi) is 7.29. The molecule has 1 aliphatic rings. The molecule has 0 fully saturated rings. The third-order valence-electron chi connectivity index (χ3n) is 4.47. The molecule has 5 heteroatoms. The summed E-state index contributed by atoms with van der Waals surface area (Å²) in [5.74, 6) is 0.853. The Labute approximate surface area is 155 Å². The van der Waals surface area contributed by atoms with Crippen molar-refractivity contribution in [1.82, 2.24) is 10.6 Å². The number of benzene rings is 2. The second kappa shape index (κ2) is 9.44. The van der Waals surface area contributed by atoms with E-state index in [1.807, 2.05) is 36.4 Å². The fourth-order valence-electron chi connectivity index (χ4n) is 3.03. The molecule has 134 valence electrons. The van der Waals surface area contributed by atoms with Gasteiger partial charge < -0.3 is 15.4 Å². The third kappa shape index (κ3) is 5.21. The Bertz CT molecular complexity index is 701. The van der Waals surface area contributed by atoms with E-state index in [1.165, 1.54) is 16.7 Å². The van der Waals surface area contributed by atoms with Gasteiger partial charge in [-0.15, -0.1) is 12.4 Å². The third-order valence-corrected chi connectivity index (χ3v) is 4.47.